The van der Waals surface area contributed by atoms with Crippen molar-refractivity contribution in [2.24, 2.45) is 0 Å². The molecule has 1 heterocycles. The molecule has 0 aliphatic rings. The highest BCUT2D eigenvalue weighted by atomic mass is 32.1. The Morgan fingerprint density at radius 1 is 1.41 bits per heavy atom. The maximum absolute atomic E-state index is 13.3. The van der Waals surface area contributed by atoms with E-state index in [0.29, 0.717) is 27.6 Å². The zero-order chi connectivity index (χ0) is 16.3. The van der Waals surface area contributed by atoms with Gasteiger partial charge in [0.1, 0.15) is 9.88 Å². The summed E-state index contributed by atoms with van der Waals surface area (Å²) in [6.45, 7) is 3.39. The fraction of sp³-hybridized carbons (Fsp3) is 0.333. The molecule has 1 aromatic carbocycles. The molecule has 118 valence electrons. The summed E-state index contributed by atoms with van der Waals surface area (Å²) in [7, 11) is 0. The molecule has 0 bridgehead atoms. The van der Waals surface area contributed by atoms with Gasteiger partial charge in [0.05, 0.1) is 18.3 Å². The number of benzene rings is 1. The predicted octanol–water partition coefficient (Wildman–Crippen LogP) is 2.90. The second kappa shape index (κ2) is 6.93. The molecule has 22 heavy (non-hydrogen) atoms. The van der Waals surface area contributed by atoms with E-state index in [1.54, 1.807) is 6.92 Å². The zero-order valence-electron chi connectivity index (χ0n) is 12.2. The minimum atomic E-state index is -0.956. The number of rotatable bonds is 5. The van der Waals surface area contributed by atoms with Crippen LogP contribution in [0.3, 0.4) is 0 Å². The smallest absolute Gasteiger partial charge is 0.263 e. The first-order valence-corrected chi connectivity index (χ1v) is 7.62. The van der Waals surface area contributed by atoms with E-state index in [1.807, 2.05) is 6.92 Å². The van der Waals surface area contributed by atoms with E-state index < -0.39 is 11.6 Å². The quantitative estimate of drug-likeness (QED) is 0.888. The molecule has 2 N–H and O–H groups in total. The molecule has 1 amide bonds. The first kappa shape index (κ1) is 16.5. The van der Waals surface area contributed by atoms with Crippen LogP contribution in [0.5, 0.6) is 0 Å². The molecule has 0 aliphatic carbocycles. The molecule has 7 heteroatoms. The van der Waals surface area contributed by atoms with Crippen molar-refractivity contribution in [3.8, 4) is 10.6 Å². The summed E-state index contributed by atoms with van der Waals surface area (Å²) in [5.74, 6) is -2.21. The molecule has 1 aromatic heterocycles. The minimum Gasteiger partial charge on any atom is -0.394 e. The van der Waals surface area contributed by atoms with Gasteiger partial charge in [-0.1, -0.05) is 6.92 Å². The molecule has 0 saturated carbocycles. The van der Waals surface area contributed by atoms with Crippen LogP contribution in [-0.2, 0) is 0 Å². The maximum atomic E-state index is 13.3. The van der Waals surface area contributed by atoms with Crippen molar-refractivity contribution in [2.45, 2.75) is 26.3 Å². The molecule has 0 radical (unpaired) electrons. The van der Waals surface area contributed by atoms with Gasteiger partial charge in [0.15, 0.2) is 11.6 Å². The summed E-state index contributed by atoms with van der Waals surface area (Å²) in [5.41, 5.74) is 0.926. The van der Waals surface area contributed by atoms with Crippen molar-refractivity contribution in [1.82, 2.24) is 10.3 Å². The van der Waals surface area contributed by atoms with E-state index in [2.05, 4.69) is 10.3 Å². The number of aromatic nitrogens is 1. The summed E-state index contributed by atoms with van der Waals surface area (Å²) >= 11 is 1.10. The number of hydrogen-bond donors (Lipinski definition) is 2. The normalized spacial score (nSPS) is 12.2. The highest BCUT2D eigenvalue weighted by Crippen LogP contribution is 2.29. The fourth-order valence-corrected chi connectivity index (χ4v) is 2.85. The molecule has 0 saturated heterocycles. The van der Waals surface area contributed by atoms with E-state index in [9.17, 15) is 13.6 Å². The van der Waals surface area contributed by atoms with Crippen molar-refractivity contribution in [1.29, 1.82) is 0 Å². The second-order valence-corrected chi connectivity index (χ2v) is 5.82. The average Bonchev–Trinajstić information content (AvgIpc) is 2.89. The summed E-state index contributed by atoms with van der Waals surface area (Å²) in [6.07, 6.45) is 0.607. The minimum absolute atomic E-state index is 0.143. The number of aliphatic hydroxyl groups excluding tert-OH is 1. The third kappa shape index (κ3) is 3.48. The Labute approximate surface area is 130 Å². The van der Waals surface area contributed by atoms with Crippen molar-refractivity contribution < 1.29 is 18.7 Å². The SMILES string of the molecule is CCC(CO)NC(=O)c1sc(-c2ccc(F)c(F)c2)nc1C. The first-order valence-electron chi connectivity index (χ1n) is 6.80. The number of nitrogens with one attached hydrogen (secondary N) is 1. The van der Waals surface area contributed by atoms with Crippen LogP contribution in [0, 0.1) is 18.6 Å². The lowest BCUT2D eigenvalue weighted by atomic mass is 10.2. The maximum Gasteiger partial charge on any atom is 0.263 e. The van der Waals surface area contributed by atoms with Crippen molar-refractivity contribution >= 4 is 17.2 Å². The Morgan fingerprint density at radius 2 is 2.14 bits per heavy atom. The largest absolute Gasteiger partial charge is 0.394 e. The van der Waals surface area contributed by atoms with Crippen LogP contribution in [0.2, 0.25) is 0 Å². The number of hydrogen-bond acceptors (Lipinski definition) is 4. The standard InChI is InChI=1S/C15H16F2N2O2S/c1-3-10(7-20)19-14(21)13-8(2)18-15(22-13)9-4-5-11(16)12(17)6-9/h4-6,10,20H,3,7H2,1-2H3,(H,19,21). The van der Waals surface area contributed by atoms with Gasteiger partial charge in [0.2, 0.25) is 0 Å². The van der Waals surface area contributed by atoms with Gasteiger partial charge in [-0.25, -0.2) is 13.8 Å². The van der Waals surface area contributed by atoms with E-state index >= 15 is 0 Å². The molecule has 4 nitrogen and oxygen atoms in total. The Morgan fingerprint density at radius 3 is 2.73 bits per heavy atom. The van der Waals surface area contributed by atoms with Crippen molar-refractivity contribution in [3.05, 3.63) is 40.4 Å². The Bertz CT molecular complexity index is 684. The molecule has 0 fully saturated rings. The predicted molar refractivity (Wildman–Crippen MR) is 80.8 cm³/mol. The van der Waals surface area contributed by atoms with Gasteiger partial charge in [-0.15, -0.1) is 11.3 Å². The number of carbonyl (C=O) groups excluding carboxylic acids is 1. The second-order valence-electron chi connectivity index (χ2n) is 4.82. The van der Waals surface area contributed by atoms with Gasteiger partial charge in [0.25, 0.3) is 5.91 Å². The number of thiazole rings is 1. The number of aliphatic hydroxyl groups is 1. The van der Waals surface area contributed by atoms with Crippen LogP contribution in [0.4, 0.5) is 8.78 Å². The third-order valence-corrected chi connectivity index (χ3v) is 4.42. The molecule has 0 spiro atoms. The lowest BCUT2D eigenvalue weighted by Crippen LogP contribution is -2.36. The highest BCUT2D eigenvalue weighted by molar-refractivity contribution is 7.17. The van der Waals surface area contributed by atoms with Crippen LogP contribution in [0.25, 0.3) is 10.6 Å². The van der Waals surface area contributed by atoms with Gasteiger partial charge >= 0.3 is 0 Å². The van der Waals surface area contributed by atoms with E-state index in [4.69, 9.17) is 5.11 Å². The van der Waals surface area contributed by atoms with Gasteiger partial charge < -0.3 is 10.4 Å². The topological polar surface area (TPSA) is 62.2 Å². The monoisotopic (exact) mass is 326 g/mol. The first-order chi connectivity index (χ1) is 10.5. The van der Waals surface area contributed by atoms with Crippen LogP contribution < -0.4 is 5.32 Å². The number of nitrogens with zero attached hydrogens (tertiary/aromatic N) is 1. The van der Waals surface area contributed by atoms with Gasteiger partial charge in [-0.05, 0) is 31.5 Å². The van der Waals surface area contributed by atoms with Gasteiger partial charge in [0, 0.05) is 5.56 Å². The number of amides is 1. The van der Waals surface area contributed by atoms with Gasteiger partial charge in [-0.2, -0.15) is 0 Å². The Balaban J connectivity index is 2.27. The lowest BCUT2D eigenvalue weighted by molar-refractivity contribution is 0.0918. The van der Waals surface area contributed by atoms with E-state index in [0.717, 1.165) is 23.5 Å². The van der Waals surface area contributed by atoms with Crippen LogP contribution in [-0.4, -0.2) is 28.6 Å². The van der Waals surface area contributed by atoms with Crippen molar-refractivity contribution in [2.75, 3.05) is 6.61 Å². The fourth-order valence-electron chi connectivity index (χ4n) is 1.89. The zero-order valence-corrected chi connectivity index (χ0v) is 13.0. The molecule has 2 aromatic rings. The van der Waals surface area contributed by atoms with Crippen molar-refractivity contribution in [3.63, 3.8) is 0 Å². The molecular formula is C15H16F2N2O2S. The number of carbonyl (C=O) groups is 1. The number of halogens is 2. The molecule has 1 atom stereocenters. The lowest BCUT2D eigenvalue weighted by Gasteiger charge is -2.12. The van der Waals surface area contributed by atoms with Gasteiger partial charge in [-0.3, -0.25) is 4.79 Å². The summed E-state index contributed by atoms with van der Waals surface area (Å²) in [5, 5.41) is 12.3. The Kier molecular flexibility index (Phi) is 5.20. The molecular weight excluding hydrogens is 310 g/mol. The molecule has 0 aliphatic heterocycles. The van der Waals surface area contributed by atoms with E-state index in [1.165, 1.54) is 6.07 Å². The third-order valence-electron chi connectivity index (χ3n) is 3.22. The van der Waals surface area contributed by atoms with Crippen LogP contribution in [0.1, 0.15) is 28.7 Å². The molecule has 1 unspecified atom stereocenters. The highest BCUT2D eigenvalue weighted by Gasteiger charge is 2.19. The summed E-state index contributed by atoms with van der Waals surface area (Å²) in [4.78, 5) is 16.8. The summed E-state index contributed by atoms with van der Waals surface area (Å²) < 4.78 is 26.3. The van der Waals surface area contributed by atoms with E-state index in [-0.39, 0.29) is 18.6 Å². The molecule has 2 rings (SSSR count). The summed E-state index contributed by atoms with van der Waals surface area (Å²) in [6, 6.07) is 3.18. The average molecular weight is 326 g/mol. The Hall–Kier alpha value is -1.86. The number of aryl methyl sites for hydroxylation is 1. The van der Waals surface area contributed by atoms with Crippen LogP contribution >= 0.6 is 11.3 Å². The van der Waals surface area contributed by atoms with Crippen LogP contribution in [0.15, 0.2) is 18.2 Å².